The van der Waals surface area contributed by atoms with Crippen molar-refractivity contribution in [2.45, 2.75) is 52.1 Å². The van der Waals surface area contributed by atoms with Gasteiger partial charge in [0.05, 0.1) is 0 Å². The van der Waals surface area contributed by atoms with Gasteiger partial charge in [0.2, 0.25) is 0 Å². The molecule has 0 fully saturated rings. The Morgan fingerprint density at radius 2 is 1.64 bits per heavy atom. The van der Waals surface area contributed by atoms with Crippen LogP contribution in [0.25, 0.3) is 0 Å². The van der Waals surface area contributed by atoms with Crippen LogP contribution in [-0.2, 0) is 20.8 Å². The normalized spacial score (nSPS) is 13.0. The lowest BCUT2D eigenvalue weighted by Crippen LogP contribution is -2.49. The Hall–Kier alpha value is -2.61. The Bertz CT molecular complexity index is 645. The van der Waals surface area contributed by atoms with E-state index < -0.39 is 24.0 Å². The summed E-state index contributed by atoms with van der Waals surface area (Å²) in [6, 6.07) is 5.40. The topological polar surface area (TPSA) is 125 Å². The van der Waals surface area contributed by atoms with Crippen molar-refractivity contribution < 1.29 is 29.3 Å². The van der Waals surface area contributed by atoms with Crippen molar-refractivity contribution in [3.05, 3.63) is 29.8 Å². The van der Waals surface area contributed by atoms with Crippen LogP contribution in [-0.4, -0.2) is 53.3 Å². The summed E-state index contributed by atoms with van der Waals surface area (Å²) in [6.07, 6.45) is 1.30. The number of hydrogen-bond acceptors (Lipinski definition) is 5. The molecular formula is C20H30N2O6. The summed E-state index contributed by atoms with van der Waals surface area (Å²) in [5, 5.41) is 23.8. The summed E-state index contributed by atoms with van der Waals surface area (Å²) in [6.45, 7) is 5.69. The molecule has 1 aromatic carbocycles. The molecule has 0 spiro atoms. The number of aliphatic carboxylic acids is 2. The molecule has 0 bridgehead atoms. The highest BCUT2D eigenvalue weighted by molar-refractivity contribution is 5.78. The second-order valence-electron chi connectivity index (χ2n) is 7.00. The van der Waals surface area contributed by atoms with E-state index in [-0.39, 0.29) is 31.4 Å². The van der Waals surface area contributed by atoms with Crippen LogP contribution in [0.5, 0.6) is 5.75 Å². The second kappa shape index (κ2) is 12.0. The number of benzene rings is 1. The Balaban J connectivity index is 2.42. The molecule has 8 heteroatoms. The van der Waals surface area contributed by atoms with Gasteiger partial charge in [-0.15, -0.1) is 0 Å². The van der Waals surface area contributed by atoms with E-state index in [9.17, 15) is 24.6 Å². The molecule has 0 aliphatic carbocycles. The minimum absolute atomic E-state index is 0.0636. The van der Waals surface area contributed by atoms with Gasteiger partial charge in [0.15, 0.2) is 6.61 Å². The standard InChI is InChI=1S/C20H30N2O6/c1-4-14-5-7-15(8-6-14)28-12-18(23)21-10-9-16(19(24)25)22-17(20(26)27)11-13(2)3/h5-8,13,16-17,22H,4,9-12H2,1-3H3,(H,21,23)(H,24,25)(H,26,27). The van der Waals surface area contributed by atoms with Gasteiger partial charge in [-0.25, -0.2) is 0 Å². The zero-order valence-corrected chi connectivity index (χ0v) is 16.6. The first-order valence-electron chi connectivity index (χ1n) is 9.43. The first-order chi connectivity index (χ1) is 13.2. The molecule has 28 heavy (non-hydrogen) atoms. The van der Waals surface area contributed by atoms with Gasteiger partial charge in [-0.2, -0.15) is 0 Å². The summed E-state index contributed by atoms with van der Waals surface area (Å²) in [5.74, 6) is -1.94. The Kier molecular flexibility index (Phi) is 10.0. The minimum Gasteiger partial charge on any atom is -0.484 e. The van der Waals surface area contributed by atoms with Crippen molar-refractivity contribution in [2.75, 3.05) is 13.2 Å². The molecule has 4 N–H and O–H groups in total. The molecule has 1 aromatic rings. The van der Waals surface area contributed by atoms with Crippen LogP contribution >= 0.6 is 0 Å². The fourth-order valence-corrected chi connectivity index (χ4v) is 2.61. The monoisotopic (exact) mass is 394 g/mol. The summed E-state index contributed by atoms with van der Waals surface area (Å²) < 4.78 is 5.39. The van der Waals surface area contributed by atoms with Crippen molar-refractivity contribution in [3.63, 3.8) is 0 Å². The van der Waals surface area contributed by atoms with E-state index in [0.29, 0.717) is 12.2 Å². The van der Waals surface area contributed by atoms with Crippen LogP contribution in [0.1, 0.15) is 39.2 Å². The summed E-state index contributed by atoms with van der Waals surface area (Å²) in [7, 11) is 0. The number of nitrogens with one attached hydrogen (secondary N) is 2. The molecule has 1 amide bonds. The van der Waals surface area contributed by atoms with Crippen LogP contribution in [0.4, 0.5) is 0 Å². The van der Waals surface area contributed by atoms with Crippen LogP contribution in [0.3, 0.4) is 0 Å². The van der Waals surface area contributed by atoms with E-state index in [1.807, 2.05) is 32.9 Å². The maximum atomic E-state index is 11.9. The summed E-state index contributed by atoms with van der Waals surface area (Å²) in [5.41, 5.74) is 1.17. The number of aryl methyl sites for hydroxylation is 1. The third-order valence-electron chi connectivity index (χ3n) is 4.16. The van der Waals surface area contributed by atoms with Gasteiger partial charge in [-0.3, -0.25) is 19.7 Å². The molecule has 0 aromatic heterocycles. The number of amides is 1. The Labute approximate surface area is 165 Å². The third kappa shape index (κ3) is 8.85. The molecule has 156 valence electrons. The minimum atomic E-state index is -1.16. The number of carboxylic acids is 2. The molecule has 2 atom stereocenters. The van der Waals surface area contributed by atoms with Gasteiger partial charge in [-0.05, 0) is 42.9 Å². The predicted molar refractivity (Wildman–Crippen MR) is 104 cm³/mol. The molecule has 0 heterocycles. The van der Waals surface area contributed by atoms with Crippen LogP contribution in [0.15, 0.2) is 24.3 Å². The first-order valence-corrected chi connectivity index (χ1v) is 9.43. The van der Waals surface area contributed by atoms with Crippen LogP contribution in [0.2, 0.25) is 0 Å². The highest BCUT2D eigenvalue weighted by atomic mass is 16.5. The number of ether oxygens (including phenoxy) is 1. The van der Waals surface area contributed by atoms with Crippen molar-refractivity contribution in [1.82, 2.24) is 10.6 Å². The van der Waals surface area contributed by atoms with Gasteiger partial charge in [0.1, 0.15) is 17.8 Å². The van der Waals surface area contributed by atoms with Crippen molar-refractivity contribution in [2.24, 2.45) is 5.92 Å². The van der Waals surface area contributed by atoms with Crippen molar-refractivity contribution >= 4 is 17.8 Å². The van der Waals surface area contributed by atoms with Gasteiger partial charge in [-0.1, -0.05) is 32.9 Å². The maximum Gasteiger partial charge on any atom is 0.320 e. The number of carboxylic acid groups (broad SMARTS) is 2. The van der Waals surface area contributed by atoms with Crippen molar-refractivity contribution in [1.29, 1.82) is 0 Å². The molecule has 0 aliphatic rings. The Morgan fingerprint density at radius 3 is 2.14 bits per heavy atom. The van der Waals surface area contributed by atoms with Crippen LogP contribution in [0, 0.1) is 5.92 Å². The molecule has 1 rings (SSSR count). The smallest absolute Gasteiger partial charge is 0.320 e. The largest absolute Gasteiger partial charge is 0.484 e. The molecular weight excluding hydrogens is 364 g/mol. The SMILES string of the molecule is CCc1ccc(OCC(=O)NCCC(NC(CC(C)C)C(=O)O)C(=O)O)cc1. The lowest BCUT2D eigenvalue weighted by atomic mass is 10.0. The summed E-state index contributed by atoms with van der Waals surface area (Å²) >= 11 is 0. The first kappa shape index (κ1) is 23.4. The lowest BCUT2D eigenvalue weighted by Gasteiger charge is -2.21. The fraction of sp³-hybridized carbons (Fsp3) is 0.550. The van der Waals surface area contributed by atoms with Gasteiger partial charge in [0.25, 0.3) is 5.91 Å². The molecule has 0 saturated carbocycles. The lowest BCUT2D eigenvalue weighted by molar-refractivity contribution is -0.143. The zero-order valence-electron chi connectivity index (χ0n) is 16.6. The molecule has 0 aliphatic heterocycles. The third-order valence-corrected chi connectivity index (χ3v) is 4.16. The predicted octanol–water partition coefficient (Wildman–Crippen LogP) is 1.68. The zero-order chi connectivity index (χ0) is 21.1. The highest BCUT2D eigenvalue weighted by Gasteiger charge is 2.26. The van der Waals surface area contributed by atoms with Gasteiger partial charge >= 0.3 is 11.9 Å². The van der Waals surface area contributed by atoms with E-state index in [1.165, 1.54) is 5.56 Å². The number of hydrogen-bond donors (Lipinski definition) is 4. The second-order valence-corrected chi connectivity index (χ2v) is 7.00. The van der Waals surface area contributed by atoms with Gasteiger partial charge < -0.3 is 20.3 Å². The number of carbonyl (C=O) groups is 3. The average molecular weight is 394 g/mol. The van der Waals surface area contributed by atoms with E-state index in [0.717, 1.165) is 6.42 Å². The molecule has 0 saturated heterocycles. The molecule has 2 unspecified atom stereocenters. The summed E-state index contributed by atoms with van der Waals surface area (Å²) in [4.78, 5) is 34.6. The van der Waals surface area contributed by atoms with E-state index in [4.69, 9.17) is 4.74 Å². The molecule has 8 nitrogen and oxygen atoms in total. The fourth-order valence-electron chi connectivity index (χ4n) is 2.61. The number of carbonyl (C=O) groups excluding carboxylic acids is 1. The maximum absolute atomic E-state index is 11.9. The van der Waals surface area contributed by atoms with E-state index in [1.54, 1.807) is 12.1 Å². The van der Waals surface area contributed by atoms with E-state index in [2.05, 4.69) is 10.6 Å². The highest BCUT2D eigenvalue weighted by Crippen LogP contribution is 2.12. The average Bonchev–Trinajstić information content (AvgIpc) is 2.64. The quantitative estimate of drug-likeness (QED) is 0.401. The van der Waals surface area contributed by atoms with Crippen molar-refractivity contribution in [3.8, 4) is 5.75 Å². The van der Waals surface area contributed by atoms with Gasteiger partial charge in [0, 0.05) is 6.54 Å². The molecule has 0 radical (unpaired) electrons. The van der Waals surface area contributed by atoms with E-state index >= 15 is 0 Å². The van der Waals surface area contributed by atoms with Crippen LogP contribution < -0.4 is 15.4 Å². The number of rotatable bonds is 13. The Morgan fingerprint density at radius 1 is 1.04 bits per heavy atom.